The molecule has 0 aromatic heterocycles. The summed E-state index contributed by atoms with van der Waals surface area (Å²) in [5.41, 5.74) is 3.35. The summed E-state index contributed by atoms with van der Waals surface area (Å²) in [4.78, 5) is 35.1. The van der Waals surface area contributed by atoms with Gasteiger partial charge in [0.2, 0.25) is 12.8 Å². The lowest BCUT2D eigenvalue weighted by Crippen LogP contribution is -2.43. The van der Waals surface area contributed by atoms with Crippen molar-refractivity contribution in [2.75, 3.05) is 31.1 Å². The van der Waals surface area contributed by atoms with Gasteiger partial charge in [-0.1, -0.05) is 13.3 Å². The van der Waals surface area contributed by atoms with E-state index in [1.165, 1.54) is 11.3 Å². The molecule has 1 fully saturated rings. The van der Waals surface area contributed by atoms with Gasteiger partial charge in [-0.3, -0.25) is 14.4 Å². The second-order valence-electron chi connectivity index (χ2n) is 6.55. The number of hydrogen-bond acceptors (Lipinski definition) is 5. The molecule has 1 aromatic carbocycles. The molecule has 1 atom stereocenters. The van der Waals surface area contributed by atoms with Crippen LogP contribution in [0.25, 0.3) is 0 Å². The average molecular weight is 360 g/mol. The minimum Gasteiger partial charge on any atom is -0.369 e. The summed E-state index contributed by atoms with van der Waals surface area (Å²) in [6.07, 6.45) is 2.82. The summed E-state index contributed by atoms with van der Waals surface area (Å²) in [6.45, 7) is 9.27. The summed E-state index contributed by atoms with van der Waals surface area (Å²) in [5, 5.41) is 5.13. The van der Waals surface area contributed by atoms with Crippen molar-refractivity contribution in [2.45, 2.75) is 39.3 Å². The Labute approximate surface area is 154 Å². The van der Waals surface area contributed by atoms with Gasteiger partial charge in [0.05, 0.1) is 0 Å². The molecule has 2 heterocycles. The first-order chi connectivity index (χ1) is 12.6. The Morgan fingerprint density at radius 3 is 2.50 bits per heavy atom. The highest BCUT2D eigenvalue weighted by molar-refractivity contribution is 5.99. The SMILES string of the molecule is CCCC(C)N1Cc2cc(N3CCNCC3)ccc2C1=O.O=CNC=O. The number of rotatable bonds is 6. The number of hydrogen-bond donors (Lipinski definition) is 2. The predicted molar refractivity (Wildman–Crippen MR) is 101 cm³/mol. The first-order valence-corrected chi connectivity index (χ1v) is 9.15. The van der Waals surface area contributed by atoms with Crippen molar-refractivity contribution in [3.05, 3.63) is 29.3 Å². The molecule has 0 aliphatic carbocycles. The summed E-state index contributed by atoms with van der Waals surface area (Å²) in [7, 11) is 0. The molecule has 0 saturated carbocycles. The van der Waals surface area contributed by atoms with E-state index in [2.05, 4.69) is 36.2 Å². The normalized spacial score (nSPS) is 17.1. The van der Waals surface area contributed by atoms with Crippen LogP contribution in [0.3, 0.4) is 0 Å². The van der Waals surface area contributed by atoms with Gasteiger partial charge in [-0.25, -0.2) is 0 Å². The zero-order valence-electron chi connectivity index (χ0n) is 15.5. The lowest BCUT2D eigenvalue weighted by atomic mass is 10.1. The van der Waals surface area contributed by atoms with Gasteiger partial charge in [0.1, 0.15) is 0 Å². The van der Waals surface area contributed by atoms with Crippen molar-refractivity contribution in [1.29, 1.82) is 0 Å². The Hall–Kier alpha value is -2.41. The van der Waals surface area contributed by atoms with Crippen LogP contribution in [-0.2, 0) is 16.1 Å². The van der Waals surface area contributed by atoms with E-state index < -0.39 is 0 Å². The average Bonchev–Trinajstić information content (AvgIpc) is 3.00. The molecule has 0 spiro atoms. The molecule has 1 saturated heterocycles. The quantitative estimate of drug-likeness (QED) is 0.743. The standard InChI is InChI=1S/C17H25N3O.C2H3NO2/c1-3-4-13(2)20-12-14-11-15(5-6-16(14)17(20)21)19-9-7-18-8-10-19;4-1-3-2-5/h5-6,11,13,18H,3-4,7-10,12H2,1-2H3;1-2H,(H,3,4,5). The second kappa shape index (κ2) is 9.91. The number of amides is 3. The van der Waals surface area contributed by atoms with Crippen LogP contribution in [0.2, 0.25) is 0 Å². The molecular weight excluding hydrogens is 332 g/mol. The number of piperazine rings is 1. The van der Waals surface area contributed by atoms with Gasteiger partial charge in [-0.15, -0.1) is 0 Å². The van der Waals surface area contributed by atoms with Crippen molar-refractivity contribution < 1.29 is 14.4 Å². The molecule has 3 rings (SSSR count). The Morgan fingerprint density at radius 1 is 1.23 bits per heavy atom. The molecule has 3 amide bonds. The third kappa shape index (κ3) is 4.82. The number of anilines is 1. The fraction of sp³-hybridized carbons (Fsp3) is 0.526. The largest absolute Gasteiger partial charge is 0.369 e. The van der Waals surface area contributed by atoms with E-state index in [0.717, 1.165) is 51.1 Å². The smallest absolute Gasteiger partial charge is 0.254 e. The highest BCUT2D eigenvalue weighted by Gasteiger charge is 2.30. The first kappa shape index (κ1) is 19.9. The monoisotopic (exact) mass is 360 g/mol. The van der Waals surface area contributed by atoms with Crippen molar-refractivity contribution in [3.63, 3.8) is 0 Å². The molecule has 0 radical (unpaired) electrons. The van der Waals surface area contributed by atoms with Crippen LogP contribution in [0.15, 0.2) is 18.2 Å². The van der Waals surface area contributed by atoms with Gasteiger partial charge in [-0.2, -0.15) is 0 Å². The Bertz CT molecular complexity index is 623. The fourth-order valence-corrected chi connectivity index (χ4v) is 3.41. The third-order valence-corrected chi connectivity index (χ3v) is 4.78. The maximum atomic E-state index is 12.5. The number of benzene rings is 1. The second-order valence-corrected chi connectivity index (χ2v) is 6.55. The summed E-state index contributed by atoms with van der Waals surface area (Å²) >= 11 is 0. The van der Waals surface area contributed by atoms with Gasteiger partial charge in [0, 0.05) is 50.0 Å². The molecule has 2 aliphatic rings. The Morgan fingerprint density at radius 2 is 1.92 bits per heavy atom. The predicted octanol–water partition coefficient (Wildman–Crippen LogP) is 1.13. The molecular formula is C19H28N4O3. The van der Waals surface area contributed by atoms with Crippen LogP contribution in [0.1, 0.15) is 42.6 Å². The van der Waals surface area contributed by atoms with E-state index in [9.17, 15) is 4.79 Å². The van der Waals surface area contributed by atoms with Gasteiger partial charge in [0.25, 0.3) is 5.91 Å². The van der Waals surface area contributed by atoms with E-state index in [-0.39, 0.29) is 5.91 Å². The van der Waals surface area contributed by atoms with Crippen molar-refractivity contribution in [3.8, 4) is 0 Å². The fourth-order valence-electron chi connectivity index (χ4n) is 3.41. The van der Waals surface area contributed by atoms with Crippen LogP contribution in [0.5, 0.6) is 0 Å². The summed E-state index contributed by atoms with van der Waals surface area (Å²) < 4.78 is 0. The zero-order chi connectivity index (χ0) is 18.9. The van der Waals surface area contributed by atoms with Crippen LogP contribution in [0, 0.1) is 0 Å². The highest BCUT2D eigenvalue weighted by Crippen LogP contribution is 2.29. The molecule has 1 unspecified atom stereocenters. The van der Waals surface area contributed by atoms with E-state index in [1.807, 2.05) is 11.0 Å². The number of carbonyl (C=O) groups is 3. The molecule has 1 aromatic rings. The van der Waals surface area contributed by atoms with E-state index in [4.69, 9.17) is 9.59 Å². The van der Waals surface area contributed by atoms with E-state index in [0.29, 0.717) is 18.9 Å². The maximum absolute atomic E-state index is 12.5. The minimum absolute atomic E-state index is 0.206. The molecule has 7 heteroatoms. The molecule has 142 valence electrons. The molecule has 7 nitrogen and oxygen atoms in total. The lowest BCUT2D eigenvalue weighted by Gasteiger charge is -2.29. The highest BCUT2D eigenvalue weighted by atomic mass is 16.2. The number of imide groups is 1. The topological polar surface area (TPSA) is 81.8 Å². The van der Waals surface area contributed by atoms with Crippen LogP contribution in [0.4, 0.5) is 5.69 Å². The van der Waals surface area contributed by atoms with Crippen molar-refractivity contribution >= 4 is 24.4 Å². The van der Waals surface area contributed by atoms with Gasteiger partial charge >= 0.3 is 0 Å². The summed E-state index contributed by atoms with van der Waals surface area (Å²) in [5.74, 6) is 0.206. The maximum Gasteiger partial charge on any atom is 0.254 e. The number of carbonyl (C=O) groups excluding carboxylic acids is 3. The lowest BCUT2D eigenvalue weighted by molar-refractivity contribution is -0.117. The van der Waals surface area contributed by atoms with Crippen LogP contribution >= 0.6 is 0 Å². The molecule has 26 heavy (non-hydrogen) atoms. The van der Waals surface area contributed by atoms with Gasteiger partial charge in [0.15, 0.2) is 0 Å². The number of fused-ring (bicyclic) bond motifs is 1. The van der Waals surface area contributed by atoms with Crippen molar-refractivity contribution in [1.82, 2.24) is 15.5 Å². The van der Waals surface area contributed by atoms with Crippen molar-refractivity contribution in [2.24, 2.45) is 0 Å². The van der Waals surface area contributed by atoms with Crippen LogP contribution in [-0.4, -0.2) is 55.8 Å². The molecule has 2 aliphatic heterocycles. The van der Waals surface area contributed by atoms with E-state index >= 15 is 0 Å². The van der Waals surface area contributed by atoms with Gasteiger partial charge in [-0.05, 0) is 37.1 Å². The third-order valence-electron chi connectivity index (χ3n) is 4.78. The summed E-state index contributed by atoms with van der Waals surface area (Å²) in [6, 6.07) is 6.68. The first-order valence-electron chi connectivity index (χ1n) is 9.15. The Kier molecular flexibility index (Phi) is 7.59. The van der Waals surface area contributed by atoms with E-state index in [1.54, 1.807) is 5.32 Å². The van der Waals surface area contributed by atoms with Crippen LogP contribution < -0.4 is 15.5 Å². The van der Waals surface area contributed by atoms with Gasteiger partial charge < -0.3 is 20.4 Å². The Balaban J connectivity index is 0.000000431. The minimum atomic E-state index is 0.206. The number of nitrogens with one attached hydrogen (secondary N) is 2. The number of nitrogens with zero attached hydrogens (tertiary/aromatic N) is 2. The molecule has 2 N–H and O–H groups in total. The molecule has 0 bridgehead atoms. The zero-order valence-corrected chi connectivity index (χ0v) is 15.5.